The molecular weight excluding hydrogens is 310 g/mol. The largest absolute Gasteiger partial charge is 0.265 e. The molecule has 1 aromatic carbocycles. The van der Waals surface area contributed by atoms with Gasteiger partial charge in [-0.2, -0.15) is 0 Å². The van der Waals surface area contributed by atoms with Crippen molar-refractivity contribution in [3.63, 3.8) is 0 Å². The van der Waals surface area contributed by atoms with E-state index in [-0.39, 0.29) is 11.3 Å². The molecule has 0 saturated carbocycles. The van der Waals surface area contributed by atoms with Gasteiger partial charge in [-0.3, -0.25) is 4.98 Å². The molecule has 0 saturated heterocycles. The highest BCUT2D eigenvalue weighted by molar-refractivity contribution is 9.10. The Balaban J connectivity index is 2.28. The van der Waals surface area contributed by atoms with Gasteiger partial charge in [0.15, 0.2) is 0 Å². The van der Waals surface area contributed by atoms with E-state index in [4.69, 9.17) is 11.6 Å². The van der Waals surface area contributed by atoms with Crippen LogP contribution in [0.4, 0.5) is 0 Å². The molecule has 0 aliphatic rings. The molecule has 0 aliphatic heterocycles. The molecule has 0 bridgehead atoms. The zero-order chi connectivity index (χ0) is 13.1. The summed E-state index contributed by atoms with van der Waals surface area (Å²) in [5.41, 5.74) is 3.57. The summed E-state index contributed by atoms with van der Waals surface area (Å²) < 4.78 is 1.07. The van der Waals surface area contributed by atoms with E-state index in [2.05, 4.69) is 53.0 Å². The molecule has 2 unspecified atom stereocenters. The van der Waals surface area contributed by atoms with Crippen LogP contribution in [-0.2, 0) is 0 Å². The normalized spacial score (nSPS) is 14.2. The van der Waals surface area contributed by atoms with Crippen LogP contribution in [0.2, 0.25) is 0 Å². The lowest BCUT2D eigenvalue weighted by molar-refractivity contribution is 0.729. The summed E-state index contributed by atoms with van der Waals surface area (Å²) in [4.78, 5) is 4.04. The minimum absolute atomic E-state index is 0.0383. The quantitative estimate of drug-likeness (QED) is 0.704. The lowest BCUT2D eigenvalue weighted by Crippen LogP contribution is -2.03. The SMILES string of the molecule is Cc1cc(Br)cc(C(Cl)C(C)c2ccncc2)c1. The molecule has 0 amide bonds. The standard InChI is InChI=1S/C15H15BrClN/c1-10-7-13(9-14(16)8-10)15(17)11(2)12-3-5-18-6-4-12/h3-9,11,15H,1-2H3. The maximum Gasteiger partial charge on any atom is 0.0651 e. The van der Waals surface area contributed by atoms with E-state index in [0.29, 0.717) is 0 Å². The van der Waals surface area contributed by atoms with Crippen LogP contribution >= 0.6 is 27.5 Å². The van der Waals surface area contributed by atoms with Gasteiger partial charge in [-0.1, -0.05) is 28.9 Å². The van der Waals surface area contributed by atoms with Crippen LogP contribution in [0.1, 0.15) is 34.9 Å². The van der Waals surface area contributed by atoms with Crippen molar-refractivity contribution in [1.82, 2.24) is 4.98 Å². The summed E-state index contributed by atoms with van der Waals surface area (Å²) in [5, 5.41) is -0.0383. The van der Waals surface area contributed by atoms with Gasteiger partial charge in [0.05, 0.1) is 5.38 Å². The van der Waals surface area contributed by atoms with Crippen molar-refractivity contribution in [2.75, 3.05) is 0 Å². The molecule has 18 heavy (non-hydrogen) atoms. The Morgan fingerprint density at radius 3 is 2.39 bits per heavy atom. The van der Waals surface area contributed by atoms with Crippen molar-refractivity contribution in [3.8, 4) is 0 Å². The number of pyridine rings is 1. The molecule has 0 aliphatic carbocycles. The van der Waals surface area contributed by atoms with Crippen LogP contribution < -0.4 is 0 Å². The maximum atomic E-state index is 6.59. The first kappa shape index (κ1) is 13.6. The Morgan fingerprint density at radius 2 is 1.78 bits per heavy atom. The van der Waals surface area contributed by atoms with Gasteiger partial charge in [0.1, 0.15) is 0 Å². The molecule has 0 spiro atoms. The number of hydrogen-bond acceptors (Lipinski definition) is 1. The Morgan fingerprint density at radius 1 is 1.11 bits per heavy atom. The Labute approximate surface area is 121 Å². The van der Waals surface area contributed by atoms with Crippen LogP contribution in [0.3, 0.4) is 0 Å². The predicted octanol–water partition coefficient (Wildman–Crippen LogP) is 5.24. The summed E-state index contributed by atoms with van der Waals surface area (Å²) in [7, 11) is 0. The van der Waals surface area contributed by atoms with Crippen LogP contribution in [0.5, 0.6) is 0 Å². The summed E-state index contributed by atoms with van der Waals surface area (Å²) in [5.74, 6) is 0.253. The van der Waals surface area contributed by atoms with E-state index < -0.39 is 0 Å². The van der Waals surface area contributed by atoms with Crippen molar-refractivity contribution in [2.24, 2.45) is 0 Å². The molecule has 2 aromatic rings. The van der Waals surface area contributed by atoms with E-state index >= 15 is 0 Å². The Kier molecular flexibility index (Phi) is 4.41. The van der Waals surface area contributed by atoms with Gasteiger partial charge in [-0.05, 0) is 47.9 Å². The van der Waals surface area contributed by atoms with E-state index in [1.165, 1.54) is 11.1 Å². The molecule has 1 nitrogen and oxygen atoms in total. The number of halogens is 2. The van der Waals surface area contributed by atoms with Gasteiger partial charge >= 0.3 is 0 Å². The van der Waals surface area contributed by atoms with Gasteiger partial charge < -0.3 is 0 Å². The van der Waals surface area contributed by atoms with Gasteiger partial charge in [0.25, 0.3) is 0 Å². The second-order valence-electron chi connectivity index (χ2n) is 4.53. The number of rotatable bonds is 3. The highest BCUT2D eigenvalue weighted by Gasteiger charge is 2.18. The van der Waals surface area contributed by atoms with Crippen molar-refractivity contribution in [2.45, 2.75) is 25.1 Å². The molecule has 0 N–H and O–H groups in total. The number of aromatic nitrogens is 1. The van der Waals surface area contributed by atoms with Gasteiger partial charge in [0, 0.05) is 22.8 Å². The number of hydrogen-bond donors (Lipinski definition) is 0. The lowest BCUT2D eigenvalue weighted by Gasteiger charge is -2.19. The smallest absolute Gasteiger partial charge is 0.0651 e. The molecule has 1 aromatic heterocycles. The first-order chi connectivity index (χ1) is 8.58. The van der Waals surface area contributed by atoms with E-state index in [9.17, 15) is 0 Å². The zero-order valence-electron chi connectivity index (χ0n) is 10.4. The molecule has 3 heteroatoms. The van der Waals surface area contributed by atoms with E-state index in [1.54, 1.807) is 0 Å². The second-order valence-corrected chi connectivity index (χ2v) is 5.92. The average Bonchev–Trinajstić information content (AvgIpc) is 2.37. The van der Waals surface area contributed by atoms with Crippen LogP contribution in [0.15, 0.2) is 47.2 Å². The first-order valence-electron chi connectivity index (χ1n) is 5.89. The monoisotopic (exact) mass is 323 g/mol. The van der Waals surface area contributed by atoms with Crippen molar-refractivity contribution in [3.05, 3.63) is 63.9 Å². The molecule has 2 atom stereocenters. The summed E-state index contributed by atoms with van der Waals surface area (Å²) >= 11 is 10.1. The molecule has 2 rings (SSSR count). The van der Waals surface area contributed by atoms with Gasteiger partial charge in [0.2, 0.25) is 0 Å². The Bertz CT molecular complexity index is 507. The fourth-order valence-electron chi connectivity index (χ4n) is 2.05. The molecule has 0 radical (unpaired) electrons. The first-order valence-corrected chi connectivity index (χ1v) is 7.12. The summed E-state index contributed by atoms with van der Waals surface area (Å²) in [6.45, 7) is 4.22. The zero-order valence-corrected chi connectivity index (χ0v) is 12.7. The minimum Gasteiger partial charge on any atom is -0.265 e. The van der Waals surface area contributed by atoms with Crippen LogP contribution in [0, 0.1) is 6.92 Å². The summed E-state index contributed by atoms with van der Waals surface area (Å²) in [6.07, 6.45) is 3.61. The van der Waals surface area contributed by atoms with Gasteiger partial charge in [-0.15, -0.1) is 11.6 Å². The summed E-state index contributed by atoms with van der Waals surface area (Å²) in [6, 6.07) is 10.3. The third kappa shape index (κ3) is 3.12. The van der Waals surface area contributed by atoms with Crippen molar-refractivity contribution in [1.29, 1.82) is 0 Å². The van der Waals surface area contributed by atoms with Crippen LogP contribution in [-0.4, -0.2) is 4.98 Å². The number of aryl methyl sites for hydroxylation is 1. The number of nitrogens with zero attached hydrogens (tertiary/aromatic N) is 1. The van der Waals surface area contributed by atoms with E-state index in [1.807, 2.05) is 24.5 Å². The molecule has 94 valence electrons. The maximum absolute atomic E-state index is 6.59. The van der Waals surface area contributed by atoms with Crippen molar-refractivity contribution < 1.29 is 0 Å². The topological polar surface area (TPSA) is 12.9 Å². The van der Waals surface area contributed by atoms with Crippen LogP contribution in [0.25, 0.3) is 0 Å². The third-order valence-corrected chi connectivity index (χ3v) is 4.14. The lowest BCUT2D eigenvalue weighted by atomic mass is 9.93. The number of benzene rings is 1. The highest BCUT2D eigenvalue weighted by atomic mass is 79.9. The number of alkyl halides is 1. The molecule has 0 fully saturated rings. The van der Waals surface area contributed by atoms with Gasteiger partial charge in [-0.25, -0.2) is 0 Å². The molecule has 1 heterocycles. The molecular formula is C15H15BrClN. The Hall–Kier alpha value is -0.860. The van der Waals surface area contributed by atoms with E-state index in [0.717, 1.165) is 10.0 Å². The van der Waals surface area contributed by atoms with Crippen molar-refractivity contribution >= 4 is 27.5 Å². The predicted molar refractivity (Wildman–Crippen MR) is 80.1 cm³/mol. The fourth-order valence-corrected chi connectivity index (χ4v) is 2.95. The average molecular weight is 325 g/mol. The minimum atomic E-state index is -0.0383. The second kappa shape index (κ2) is 5.85. The fraction of sp³-hybridized carbons (Fsp3) is 0.267. The third-order valence-electron chi connectivity index (χ3n) is 3.05. The highest BCUT2D eigenvalue weighted by Crippen LogP contribution is 2.37.